The van der Waals surface area contributed by atoms with Gasteiger partial charge in [0.25, 0.3) is 0 Å². The van der Waals surface area contributed by atoms with Crippen LogP contribution in [-0.2, 0) is 29.0 Å². The minimum absolute atomic E-state index is 0.0452. The summed E-state index contributed by atoms with van der Waals surface area (Å²) in [5.74, 6) is -0.114. The van der Waals surface area contributed by atoms with Crippen molar-refractivity contribution in [2.45, 2.75) is 90.3 Å². The fourth-order valence-corrected chi connectivity index (χ4v) is 5.10. The Morgan fingerprint density at radius 1 is 1.00 bits per heavy atom. The summed E-state index contributed by atoms with van der Waals surface area (Å²) in [7, 11) is 0. The van der Waals surface area contributed by atoms with Crippen molar-refractivity contribution >= 4 is 35.0 Å². The Morgan fingerprint density at radius 2 is 1.68 bits per heavy atom. The highest BCUT2D eigenvalue weighted by atomic mass is 35.5. The predicted octanol–water partition coefficient (Wildman–Crippen LogP) is 6.74. The first-order valence-electron chi connectivity index (χ1n) is 12.5. The molecule has 0 saturated heterocycles. The van der Waals surface area contributed by atoms with Crippen LogP contribution in [0.3, 0.4) is 0 Å². The maximum Gasteiger partial charge on any atom is 0.243 e. The maximum atomic E-state index is 13.5. The van der Waals surface area contributed by atoms with Crippen molar-refractivity contribution in [1.82, 2.24) is 10.2 Å². The largest absolute Gasteiger partial charge is 0.352 e. The lowest BCUT2D eigenvalue weighted by Gasteiger charge is -2.33. The van der Waals surface area contributed by atoms with Crippen LogP contribution in [0.1, 0.15) is 75.5 Å². The van der Waals surface area contributed by atoms with E-state index < -0.39 is 6.04 Å². The summed E-state index contributed by atoms with van der Waals surface area (Å²) in [6, 6.07) is 13.3. The van der Waals surface area contributed by atoms with Crippen LogP contribution in [0, 0.1) is 0 Å². The number of halogens is 2. The molecule has 1 N–H and O–H groups in total. The van der Waals surface area contributed by atoms with E-state index in [1.807, 2.05) is 13.0 Å². The average molecular weight is 504 g/mol. The van der Waals surface area contributed by atoms with Gasteiger partial charge in [-0.1, -0.05) is 86.6 Å². The van der Waals surface area contributed by atoms with Gasteiger partial charge in [-0.05, 0) is 60.9 Å². The van der Waals surface area contributed by atoms with Gasteiger partial charge in [-0.3, -0.25) is 9.59 Å². The lowest BCUT2D eigenvalue weighted by atomic mass is 9.95. The number of rotatable bonds is 10. The standard InChI is InChI=1S/C28H36Cl2N2O2/c1-3-20-10-12-21(13-11-20)14-17-27(33)32(19-22-15-16-23(29)18-25(22)30)26(4-2)28(34)31-24-8-6-5-7-9-24/h10-13,15-16,18,24,26H,3-9,14,17,19H2,1-2H3,(H,31,34)/t26-/m1/s1. The number of hydrogen-bond donors (Lipinski definition) is 1. The Bertz CT molecular complexity index is 955. The molecule has 4 nitrogen and oxygen atoms in total. The summed E-state index contributed by atoms with van der Waals surface area (Å²) < 4.78 is 0. The molecule has 0 radical (unpaired) electrons. The zero-order chi connectivity index (χ0) is 24.5. The van der Waals surface area contributed by atoms with Gasteiger partial charge >= 0.3 is 0 Å². The average Bonchev–Trinajstić information content (AvgIpc) is 2.84. The van der Waals surface area contributed by atoms with Gasteiger partial charge in [0.15, 0.2) is 0 Å². The number of hydrogen-bond acceptors (Lipinski definition) is 2. The zero-order valence-corrected chi connectivity index (χ0v) is 21.8. The second-order valence-electron chi connectivity index (χ2n) is 9.19. The molecule has 1 saturated carbocycles. The molecule has 0 aromatic heterocycles. The third kappa shape index (κ3) is 7.48. The first-order valence-corrected chi connectivity index (χ1v) is 13.3. The van der Waals surface area contributed by atoms with E-state index in [-0.39, 0.29) is 24.4 Å². The van der Waals surface area contributed by atoms with Crippen LogP contribution in [0.25, 0.3) is 0 Å². The Morgan fingerprint density at radius 3 is 2.29 bits per heavy atom. The van der Waals surface area contributed by atoms with Gasteiger partial charge < -0.3 is 10.2 Å². The molecule has 0 aliphatic heterocycles. The summed E-state index contributed by atoms with van der Waals surface area (Å²) in [5, 5.41) is 4.26. The topological polar surface area (TPSA) is 49.4 Å². The van der Waals surface area contributed by atoms with Crippen molar-refractivity contribution in [2.24, 2.45) is 0 Å². The maximum absolute atomic E-state index is 13.5. The van der Waals surface area contributed by atoms with Gasteiger partial charge in [0.2, 0.25) is 11.8 Å². The molecule has 1 aliphatic rings. The first kappa shape index (κ1) is 26.6. The van der Waals surface area contributed by atoms with Gasteiger partial charge in [-0.15, -0.1) is 0 Å². The number of benzene rings is 2. The number of amides is 2. The van der Waals surface area contributed by atoms with E-state index in [0.717, 1.165) is 43.2 Å². The molecule has 2 amide bonds. The predicted molar refractivity (Wildman–Crippen MR) is 140 cm³/mol. The van der Waals surface area contributed by atoms with E-state index in [9.17, 15) is 9.59 Å². The van der Waals surface area contributed by atoms with Crippen molar-refractivity contribution in [1.29, 1.82) is 0 Å². The highest BCUT2D eigenvalue weighted by molar-refractivity contribution is 6.35. The number of carbonyl (C=O) groups excluding carboxylic acids is 2. The zero-order valence-electron chi connectivity index (χ0n) is 20.3. The number of nitrogens with zero attached hydrogens (tertiary/aromatic N) is 1. The van der Waals surface area contributed by atoms with E-state index >= 15 is 0 Å². The van der Waals surface area contributed by atoms with Crippen LogP contribution < -0.4 is 5.32 Å². The van der Waals surface area contributed by atoms with E-state index in [0.29, 0.717) is 29.3 Å². The molecule has 3 rings (SSSR count). The highest BCUT2D eigenvalue weighted by Crippen LogP contribution is 2.25. The van der Waals surface area contributed by atoms with Crippen molar-refractivity contribution in [3.8, 4) is 0 Å². The van der Waals surface area contributed by atoms with Gasteiger partial charge in [0.1, 0.15) is 6.04 Å². The molecule has 2 aromatic rings. The Balaban J connectivity index is 1.77. The second-order valence-corrected chi connectivity index (χ2v) is 10.0. The van der Waals surface area contributed by atoms with Crippen LogP contribution in [-0.4, -0.2) is 28.8 Å². The monoisotopic (exact) mass is 502 g/mol. The quantitative estimate of drug-likeness (QED) is 0.390. The first-order chi connectivity index (χ1) is 16.4. The minimum atomic E-state index is -0.538. The Hall–Kier alpha value is -2.04. The number of aryl methyl sites for hydroxylation is 2. The van der Waals surface area contributed by atoms with Gasteiger partial charge in [0.05, 0.1) is 0 Å². The molecule has 0 heterocycles. The van der Waals surface area contributed by atoms with Crippen LogP contribution in [0.5, 0.6) is 0 Å². The molecule has 2 aromatic carbocycles. The van der Waals surface area contributed by atoms with E-state index in [4.69, 9.17) is 23.2 Å². The second kappa shape index (κ2) is 13.2. The summed E-state index contributed by atoms with van der Waals surface area (Å²) >= 11 is 12.5. The van der Waals surface area contributed by atoms with Crippen LogP contribution in [0.15, 0.2) is 42.5 Å². The van der Waals surface area contributed by atoms with Crippen LogP contribution in [0.2, 0.25) is 10.0 Å². The molecule has 6 heteroatoms. The molecule has 34 heavy (non-hydrogen) atoms. The molecule has 1 fully saturated rings. The highest BCUT2D eigenvalue weighted by Gasteiger charge is 2.30. The van der Waals surface area contributed by atoms with Gasteiger partial charge in [-0.25, -0.2) is 0 Å². The lowest BCUT2D eigenvalue weighted by molar-refractivity contribution is -0.141. The normalized spacial score (nSPS) is 15.1. The van der Waals surface area contributed by atoms with E-state index in [2.05, 4.69) is 36.5 Å². The summed E-state index contributed by atoms with van der Waals surface area (Å²) in [5.41, 5.74) is 3.19. The molecular formula is C28H36Cl2N2O2. The summed E-state index contributed by atoms with van der Waals surface area (Å²) in [4.78, 5) is 28.5. The summed E-state index contributed by atoms with van der Waals surface area (Å²) in [6.45, 7) is 4.36. The summed E-state index contributed by atoms with van der Waals surface area (Å²) in [6.07, 6.45) is 8.02. The van der Waals surface area contributed by atoms with Crippen molar-refractivity contribution in [3.05, 3.63) is 69.2 Å². The molecule has 1 atom stereocenters. The van der Waals surface area contributed by atoms with Crippen molar-refractivity contribution in [3.63, 3.8) is 0 Å². The fraction of sp³-hybridized carbons (Fsp3) is 0.500. The molecule has 184 valence electrons. The SMILES string of the molecule is CCc1ccc(CCC(=O)N(Cc2ccc(Cl)cc2Cl)[C@H](CC)C(=O)NC2CCCCC2)cc1. The molecule has 0 bridgehead atoms. The van der Waals surface area contributed by atoms with Crippen molar-refractivity contribution < 1.29 is 9.59 Å². The molecule has 0 unspecified atom stereocenters. The smallest absolute Gasteiger partial charge is 0.243 e. The Kier molecular flexibility index (Phi) is 10.3. The van der Waals surface area contributed by atoms with E-state index in [1.54, 1.807) is 17.0 Å². The minimum Gasteiger partial charge on any atom is -0.352 e. The fourth-order valence-electron chi connectivity index (χ4n) is 4.63. The third-order valence-corrected chi connectivity index (χ3v) is 7.34. The molecule has 1 aliphatic carbocycles. The number of carbonyl (C=O) groups is 2. The van der Waals surface area contributed by atoms with Crippen molar-refractivity contribution in [2.75, 3.05) is 0 Å². The lowest BCUT2D eigenvalue weighted by Crippen LogP contribution is -2.51. The van der Waals surface area contributed by atoms with Crippen LogP contribution in [0.4, 0.5) is 0 Å². The molecule has 0 spiro atoms. The Labute approximate surface area is 214 Å². The van der Waals surface area contributed by atoms with Gasteiger partial charge in [-0.2, -0.15) is 0 Å². The van der Waals surface area contributed by atoms with Crippen LogP contribution >= 0.6 is 23.2 Å². The molecular weight excluding hydrogens is 467 g/mol. The third-order valence-electron chi connectivity index (χ3n) is 6.75. The van der Waals surface area contributed by atoms with Gasteiger partial charge in [0, 0.05) is 29.1 Å². The van der Waals surface area contributed by atoms with E-state index in [1.165, 1.54) is 12.0 Å². The number of nitrogens with one attached hydrogen (secondary N) is 1.